The Morgan fingerprint density at radius 2 is 1.80 bits per heavy atom. The van der Waals surface area contributed by atoms with Gasteiger partial charge in [0.1, 0.15) is 11.1 Å². The van der Waals surface area contributed by atoms with Gasteiger partial charge in [-0.25, -0.2) is 9.97 Å². The first-order chi connectivity index (χ1) is 14.5. The number of aryl methyl sites for hydroxylation is 1. The van der Waals surface area contributed by atoms with Gasteiger partial charge in [0, 0.05) is 6.07 Å². The Morgan fingerprint density at radius 3 is 2.50 bits per heavy atom. The van der Waals surface area contributed by atoms with Crippen LogP contribution in [0.15, 0.2) is 75.6 Å². The highest BCUT2D eigenvalue weighted by Gasteiger charge is 2.19. The van der Waals surface area contributed by atoms with E-state index in [4.69, 9.17) is 0 Å². The number of nitriles is 1. The summed E-state index contributed by atoms with van der Waals surface area (Å²) in [5, 5.41) is 21.4. The fourth-order valence-electron chi connectivity index (χ4n) is 2.92. The molecule has 8 nitrogen and oxygen atoms in total. The van der Waals surface area contributed by atoms with Crippen LogP contribution < -0.4 is 5.56 Å². The van der Waals surface area contributed by atoms with Crippen molar-refractivity contribution in [3.8, 4) is 11.8 Å². The Bertz CT molecular complexity index is 1390. The highest BCUT2D eigenvalue weighted by Crippen LogP contribution is 2.29. The first kappa shape index (κ1) is 19.3. The number of para-hydroxylation sites is 1. The lowest BCUT2D eigenvalue weighted by atomic mass is 10.2. The Kier molecular flexibility index (Phi) is 5.00. The molecule has 0 unspecified atom stereocenters. The topological polar surface area (TPSA) is 115 Å². The Balaban J connectivity index is 1.91. The molecule has 0 saturated carbocycles. The van der Waals surface area contributed by atoms with Crippen molar-refractivity contribution in [1.82, 2.24) is 14.5 Å². The van der Waals surface area contributed by atoms with Crippen LogP contribution in [0.4, 0.5) is 5.69 Å². The number of aromatic nitrogens is 3. The second kappa shape index (κ2) is 7.77. The van der Waals surface area contributed by atoms with Gasteiger partial charge in [0.25, 0.3) is 5.56 Å². The van der Waals surface area contributed by atoms with E-state index < -0.39 is 4.92 Å². The largest absolute Gasteiger partial charge is 0.305 e. The second-order valence-electron chi connectivity index (χ2n) is 6.38. The van der Waals surface area contributed by atoms with Crippen molar-refractivity contribution >= 4 is 28.4 Å². The van der Waals surface area contributed by atoms with Crippen LogP contribution in [0.1, 0.15) is 11.3 Å². The number of hydrogen-bond donors (Lipinski definition) is 0. The summed E-state index contributed by atoms with van der Waals surface area (Å²) in [6, 6.07) is 18.8. The molecule has 0 spiro atoms. The molecule has 30 heavy (non-hydrogen) atoms. The first-order valence-electron chi connectivity index (χ1n) is 8.80. The number of rotatable bonds is 4. The minimum absolute atomic E-state index is 0.241. The fraction of sp³-hybridized carbons (Fsp3) is 0.0476. The highest BCUT2D eigenvalue weighted by molar-refractivity contribution is 7.99. The molecule has 0 atom stereocenters. The van der Waals surface area contributed by atoms with Gasteiger partial charge in [-0.15, -0.1) is 0 Å². The van der Waals surface area contributed by atoms with Crippen molar-refractivity contribution in [2.24, 2.45) is 0 Å². The molecule has 2 aromatic carbocycles. The third kappa shape index (κ3) is 3.52. The van der Waals surface area contributed by atoms with E-state index in [9.17, 15) is 20.2 Å². The molecule has 2 aromatic heterocycles. The summed E-state index contributed by atoms with van der Waals surface area (Å²) in [6.07, 6.45) is 0. The van der Waals surface area contributed by atoms with Gasteiger partial charge < -0.3 is 0 Å². The first-order valence-corrected chi connectivity index (χ1v) is 9.62. The van der Waals surface area contributed by atoms with Crippen LogP contribution in [0.25, 0.3) is 16.6 Å². The summed E-state index contributed by atoms with van der Waals surface area (Å²) in [5.41, 5.74) is 1.30. The maximum atomic E-state index is 13.2. The number of benzene rings is 2. The number of pyridine rings is 1. The van der Waals surface area contributed by atoms with Crippen molar-refractivity contribution in [1.29, 1.82) is 5.26 Å². The van der Waals surface area contributed by atoms with Crippen molar-refractivity contribution in [2.75, 3.05) is 0 Å². The van der Waals surface area contributed by atoms with Crippen molar-refractivity contribution in [3.63, 3.8) is 0 Å². The van der Waals surface area contributed by atoms with E-state index in [-0.39, 0.29) is 16.9 Å². The van der Waals surface area contributed by atoms with E-state index in [0.29, 0.717) is 26.8 Å². The van der Waals surface area contributed by atoms with Gasteiger partial charge in [-0.2, -0.15) is 5.26 Å². The monoisotopic (exact) mass is 415 g/mol. The predicted molar refractivity (Wildman–Crippen MR) is 112 cm³/mol. The molecule has 0 aliphatic rings. The number of nitrogens with zero attached hydrogens (tertiary/aromatic N) is 5. The molecule has 0 fully saturated rings. The van der Waals surface area contributed by atoms with E-state index in [2.05, 4.69) is 9.97 Å². The van der Waals surface area contributed by atoms with E-state index >= 15 is 0 Å². The summed E-state index contributed by atoms with van der Waals surface area (Å²) >= 11 is 1.06. The quantitative estimate of drug-likeness (QED) is 0.281. The van der Waals surface area contributed by atoms with Crippen LogP contribution in [0, 0.1) is 28.4 Å². The third-order valence-corrected chi connectivity index (χ3v) is 5.28. The summed E-state index contributed by atoms with van der Waals surface area (Å²) in [6.45, 7) is 1.95. The maximum Gasteiger partial charge on any atom is 0.305 e. The Labute approximate surface area is 174 Å². The molecule has 0 radical (unpaired) electrons. The Morgan fingerprint density at radius 1 is 1.07 bits per heavy atom. The molecular formula is C21H13N5O3S. The van der Waals surface area contributed by atoms with Gasteiger partial charge in [-0.05, 0) is 49.0 Å². The van der Waals surface area contributed by atoms with E-state index in [1.165, 1.54) is 16.7 Å². The van der Waals surface area contributed by atoms with Crippen LogP contribution in [0.2, 0.25) is 0 Å². The van der Waals surface area contributed by atoms with Gasteiger partial charge in [0.05, 0.1) is 21.5 Å². The minimum Gasteiger partial charge on any atom is -0.268 e. The SMILES string of the molecule is Cc1ccc(-n2c(Sc3ccc([N+](=O)[O-])c(C#N)n3)nc3ccccc3c2=O)cc1. The van der Waals surface area contributed by atoms with Crippen molar-refractivity contribution < 1.29 is 4.92 Å². The molecule has 0 saturated heterocycles. The van der Waals surface area contributed by atoms with Gasteiger partial charge in [-0.3, -0.25) is 19.5 Å². The fourth-order valence-corrected chi connectivity index (χ4v) is 3.80. The standard InChI is InChI=1S/C21H13N5O3S/c1-13-6-8-14(9-7-13)25-20(27)15-4-2-3-5-16(15)24-21(25)30-19-11-10-18(26(28)29)17(12-22)23-19/h2-11H,1H3. The van der Waals surface area contributed by atoms with Crippen LogP contribution in [0.5, 0.6) is 0 Å². The van der Waals surface area contributed by atoms with Crippen LogP contribution in [-0.2, 0) is 0 Å². The molecule has 0 bridgehead atoms. The zero-order valence-corrected chi connectivity index (χ0v) is 16.5. The van der Waals surface area contributed by atoms with Gasteiger partial charge in [-0.1, -0.05) is 29.8 Å². The summed E-state index contributed by atoms with van der Waals surface area (Å²) < 4.78 is 1.47. The zero-order chi connectivity index (χ0) is 21.3. The average molecular weight is 415 g/mol. The summed E-state index contributed by atoms with van der Waals surface area (Å²) in [5.74, 6) is 0. The summed E-state index contributed by atoms with van der Waals surface area (Å²) in [7, 11) is 0. The normalized spacial score (nSPS) is 10.7. The molecule has 146 valence electrons. The van der Waals surface area contributed by atoms with Crippen LogP contribution in [-0.4, -0.2) is 19.5 Å². The molecule has 0 aliphatic carbocycles. The zero-order valence-electron chi connectivity index (χ0n) is 15.6. The molecule has 2 heterocycles. The van der Waals surface area contributed by atoms with Gasteiger partial charge >= 0.3 is 5.69 Å². The predicted octanol–water partition coefficient (Wildman–Crippen LogP) is 4.02. The molecule has 4 rings (SSSR count). The lowest BCUT2D eigenvalue weighted by Gasteiger charge is -2.13. The Hall–Kier alpha value is -4.03. The van der Waals surface area contributed by atoms with Crippen LogP contribution >= 0.6 is 11.8 Å². The van der Waals surface area contributed by atoms with Crippen LogP contribution in [0.3, 0.4) is 0 Å². The summed E-state index contributed by atoms with van der Waals surface area (Å²) in [4.78, 5) is 32.3. The molecule has 0 aliphatic heterocycles. The smallest absolute Gasteiger partial charge is 0.268 e. The maximum absolute atomic E-state index is 13.2. The number of hydrogen-bond acceptors (Lipinski definition) is 7. The van der Waals surface area contributed by atoms with E-state index in [1.54, 1.807) is 30.3 Å². The highest BCUT2D eigenvalue weighted by atomic mass is 32.2. The molecule has 0 amide bonds. The number of fused-ring (bicyclic) bond motifs is 1. The lowest BCUT2D eigenvalue weighted by Crippen LogP contribution is -2.21. The van der Waals surface area contributed by atoms with Crippen molar-refractivity contribution in [2.45, 2.75) is 17.1 Å². The number of nitro groups is 1. The molecular weight excluding hydrogens is 402 g/mol. The van der Waals surface area contributed by atoms with E-state index in [0.717, 1.165) is 17.3 Å². The molecule has 9 heteroatoms. The van der Waals surface area contributed by atoms with Gasteiger partial charge in [0.15, 0.2) is 5.16 Å². The molecule has 4 aromatic rings. The van der Waals surface area contributed by atoms with E-state index in [1.807, 2.05) is 31.2 Å². The molecule has 0 N–H and O–H groups in total. The minimum atomic E-state index is -0.656. The van der Waals surface area contributed by atoms with Crippen molar-refractivity contribution in [3.05, 3.63) is 92.4 Å². The second-order valence-corrected chi connectivity index (χ2v) is 7.36. The lowest BCUT2D eigenvalue weighted by molar-refractivity contribution is -0.385. The van der Waals surface area contributed by atoms with Gasteiger partial charge in [0.2, 0.25) is 5.69 Å². The third-order valence-electron chi connectivity index (χ3n) is 4.38. The average Bonchev–Trinajstić information content (AvgIpc) is 2.75.